The van der Waals surface area contributed by atoms with Gasteiger partial charge in [0.2, 0.25) is 0 Å². The van der Waals surface area contributed by atoms with Crippen LogP contribution in [0.5, 0.6) is 0 Å². The molecular weight excluding hydrogens is 260 g/mol. The highest BCUT2D eigenvalue weighted by atomic mass is 32.1. The summed E-state index contributed by atoms with van der Waals surface area (Å²) in [5.74, 6) is -0.767. The number of ether oxygens (including phenoxy) is 1. The molecule has 0 atom stereocenters. The van der Waals surface area contributed by atoms with E-state index in [0.29, 0.717) is 0 Å². The van der Waals surface area contributed by atoms with E-state index in [1.54, 1.807) is 6.92 Å². The number of carbonyl (C=O) groups excluding carboxylic acids is 2. The largest absolute Gasteiger partial charge is 0.465 e. The monoisotopic (exact) mass is 272 g/mol. The molecule has 0 unspecified atom stereocenters. The predicted molar refractivity (Wildman–Crippen MR) is 66.1 cm³/mol. The number of ketones is 1. The number of nitrogens with one attached hydrogen (secondary N) is 1. The lowest BCUT2D eigenvalue weighted by molar-refractivity contribution is -0.383. The molecule has 1 aromatic heterocycles. The number of Topliss-reactive ketones (excluding diaryl/α,β-unsaturated/α-hetero) is 1. The van der Waals surface area contributed by atoms with E-state index in [2.05, 4.69) is 10.1 Å². The summed E-state index contributed by atoms with van der Waals surface area (Å²) in [4.78, 5) is 32.7. The van der Waals surface area contributed by atoms with Crippen LogP contribution < -0.4 is 5.32 Å². The first kappa shape index (κ1) is 14.1. The number of thiophene rings is 1. The quantitative estimate of drug-likeness (QED) is 0.367. The van der Waals surface area contributed by atoms with Crippen molar-refractivity contribution in [2.24, 2.45) is 0 Å². The zero-order valence-corrected chi connectivity index (χ0v) is 10.7. The predicted octanol–water partition coefficient (Wildman–Crippen LogP) is 1.83. The molecule has 1 N–H and O–H groups in total. The summed E-state index contributed by atoms with van der Waals surface area (Å²) >= 11 is 0.946. The van der Waals surface area contributed by atoms with Crippen LogP contribution in [0, 0.1) is 10.1 Å². The molecule has 18 heavy (non-hydrogen) atoms. The third-order valence-corrected chi connectivity index (χ3v) is 3.14. The maximum Gasteiger partial charge on any atom is 0.325 e. The Morgan fingerprint density at radius 2 is 2.22 bits per heavy atom. The van der Waals surface area contributed by atoms with Gasteiger partial charge in [-0.05, 0) is 13.8 Å². The number of esters is 1. The smallest absolute Gasteiger partial charge is 0.325 e. The second-order valence-electron chi connectivity index (χ2n) is 3.30. The molecule has 1 heterocycles. The van der Waals surface area contributed by atoms with Gasteiger partial charge in [-0.3, -0.25) is 19.7 Å². The third-order valence-electron chi connectivity index (χ3n) is 1.95. The molecule has 1 rings (SSSR count). The molecule has 0 amide bonds. The fourth-order valence-corrected chi connectivity index (χ4v) is 2.10. The van der Waals surface area contributed by atoms with Gasteiger partial charge in [-0.2, -0.15) is 0 Å². The lowest BCUT2D eigenvalue weighted by atomic mass is 10.3. The van der Waals surface area contributed by atoms with Crippen LogP contribution in [0.4, 0.5) is 10.7 Å². The van der Waals surface area contributed by atoms with Crippen molar-refractivity contribution in [2.75, 3.05) is 18.5 Å². The van der Waals surface area contributed by atoms with Crippen molar-refractivity contribution in [2.45, 2.75) is 13.8 Å². The van der Waals surface area contributed by atoms with E-state index in [4.69, 9.17) is 0 Å². The second kappa shape index (κ2) is 6.10. The zero-order chi connectivity index (χ0) is 13.7. The van der Waals surface area contributed by atoms with Crippen LogP contribution in [0.1, 0.15) is 23.5 Å². The summed E-state index contributed by atoms with van der Waals surface area (Å²) in [6, 6.07) is 1.19. The maximum absolute atomic E-state index is 11.1. The minimum atomic E-state index is -0.601. The van der Waals surface area contributed by atoms with Gasteiger partial charge in [0, 0.05) is 6.07 Å². The Balaban J connectivity index is 2.83. The van der Waals surface area contributed by atoms with E-state index in [1.807, 2.05) is 0 Å². The molecule has 0 radical (unpaired) electrons. The molecule has 0 aliphatic rings. The van der Waals surface area contributed by atoms with Crippen molar-refractivity contribution in [1.29, 1.82) is 0 Å². The molecule has 1 aromatic rings. The first-order chi connectivity index (χ1) is 8.45. The van der Waals surface area contributed by atoms with Crippen LogP contribution in [0.15, 0.2) is 6.07 Å². The number of hydrogen-bond donors (Lipinski definition) is 1. The lowest BCUT2D eigenvalue weighted by Gasteiger charge is -2.02. The van der Waals surface area contributed by atoms with Gasteiger partial charge in [0.05, 0.1) is 16.4 Å². The Bertz CT molecular complexity index is 483. The number of rotatable bonds is 6. The summed E-state index contributed by atoms with van der Waals surface area (Å²) in [5, 5.41) is 13.6. The van der Waals surface area contributed by atoms with Gasteiger partial charge < -0.3 is 10.1 Å². The number of anilines is 1. The van der Waals surface area contributed by atoms with Gasteiger partial charge in [0.25, 0.3) is 0 Å². The van der Waals surface area contributed by atoms with Crippen molar-refractivity contribution >= 4 is 33.8 Å². The van der Waals surface area contributed by atoms with Crippen LogP contribution in [-0.2, 0) is 9.53 Å². The molecule has 0 saturated carbocycles. The topological polar surface area (TPSA) is 98.5 Å². The van der Waals surface area contributed by atoms with E-state index in [0.717, 1.165) is 11.3 Å². The molecule has 0 saturated heterocycles. The van der Waals surface area contributed by atoms with Gasteiger partial charge in [-0.15, -0.1) is 11.3 Å². The highest BCUT2D eigenvalue weighted by molar-refractivity contribution is 7.18. The Labute approximate surface area is 107 Å². The molecule has 8 heteroatoms. The Kier molecular flexibility index (Phi) is 4.78. The van der Waals surface area contributed by atoms with Crippen LogP contribution in [-0.4, -0.2) is 29.8 Å². The van der Waals surface area contributed by atoms with E-state index in [9.17, 15) is 19.7 Å². The Hall–Kier alpha value is -1.96. The zero-order valence-electron chi connectivity index (χ0n) is 9.89. The number of nitrogens with zero attached hydrogens (tertiary/aromatic N) is 1. The SMILES string of the molecule is CCOC(=O)CNc1sc(C(C)=O)cc1[N+](=O)[O-]. The van der Waals surface area contributed by atoms with Crippen LogP contribution in [0.25, 0.3) is 0 Å². The molecule has 0 bridgehead atoms. The van der Waals surface area contributed by atoms with Gasteiger partial charge in [-0.25, -0.2) is 0 Å². The van der Waals surface area contributed by atoms with Crippen molar-refractivity contribution in [1.82, 2.24) is 0 Å². The summed E-state index contributed by atoms with van der Waals surface area (Å²) in [5.41, 5.74) is -0.213. The summed E-state index contributed by atoms with van der Waals surface area (Å²) < 4.78 is 4.68. The normalized spacial score (nSPS) is 9.89. The summed E-state index contributed by atoms with van der Waals surface area (Å²) in [6.45, 7) is 3.06. The summed E-state index contributed by atoms with van der Waals surface area (Å²) in [6.07, 6.45) is 0. The van der Waals surface area contributed by atoms with Gasteiger partial charge in [-0.1, -0.05) is 0 Å². The first-order valence-corrected chi connectivity index (χ1v) is 5.96. The lowest BCUT2D eigenvalue weighted by Crippen LogP contribution is -2.16. The van der Waals surface area contributed by atoms with Crippen LogP contribution in [0.2, 0.25) is 0 Å². The molecule has 0 spiro atoms. The number of nitro groups is 1. The molecule has 0 aliphatic heterocycles. The minimum Gasteiger partial charge on any atom is -0.465 e. The molecule has 0 aliphatic carbocycles. The van der Waals surface area contributed by atoms with Crippen molar-refractivity contribution in [3.05, 3.63) is 21.1 Å². The van der Waals surface area contributed by atoms with E-state index >= 15 is 0 Å². The first-order valence-electron chi connectivity index (χ1n) is 5.14. The van der Waals surface area contributed by atoms with E-state index in [-0.39, 0.29) is 34.5 Å². The van der Waals surface area contributed by atoms with Crippen molar-refractivity contribution < 1.29 is 19.2 Å². The minimum absolute atomic E-state index is 0.174. The molecule has 0 aromatic carbocycles. The maximum atomic E-state index is 11.1. The van der Waals surface area contributed by atoms with Gasteiger partial charge in [0.1, 0.15) is 6.54 Å². The number of hydrogen-bond acceptors (Lipinski definition) is 7. The highest BCUT2D eigenvalue weighted by Gasteiger charge is 2.21. The standard InChI is InChI=1S/C10H12N2O5S/c1-3-17-9(14)5-11-10-7(12(15)16)4-8(18-10)6(2)13/h4,11H,3,5H2,1-2H3. The Morgan fingerprint density at radius 1 is 1.56 bits per heavy atom. The van der Waals surface area contributed by atoms with Crippen molar-refractivity contribution in [3.8, 4) is 0 Å². The van der Waals surface area contributed by atoms with Crippen LogP contribution >= 0.6 is 11.3 Å². The second-order valence-corrected chi connectivity index (χ2v) is 4.35. The molecular formula is C10H12N2O5S. The van der Waals surface area contributed by atoms with E-state index < -0.39 is 10.9 Å². The Morgan fingerprint density at radius 3 is 2.72 bits per heavy atom. The summed E-state index contributed by atoms with van der Waals surface area (Å²) in [7, 11) is 0. The average Bonchev–Trinajstić information content (AvgIpc) is 2.71. The van der Waals surface area contributed by atoms with Gasteiger partial charge in [0.15, 0.2) is 10.8 Å². The van der Waals surface area contributed by atoms with Gasteiger partial charge >= 0.3 is 11.7 Å². The number of carbonyl (C=O) groups is 2. The molecule has 0 fully saturated rings. The van der Waals surface area contributed by atoms with Crippen LogP contribution in [0.3, 0.4) is 0 Å². The molecule has 98 valence electrons. The molecule has 7 nitrogen and oxygen atoms in total. The average molecular weight is 272 g/mol. The highest BCUT2D eigenvalue weighted by Crippen LogP contribution is 2.34. The third kappa shape index (κ3) is 3.52. The fraction of sp³-hybridized carbons (Fsp3) is 0.400. The van der Waals surface area contributed by atoms with Crippen molar-refractivity contribution in [3.63, 3.8) is 0 Å². The fourth-order valence-electron chi connectivity index (χ4n) is 1.18. The van der Waals surface area contributed by atoms with E-state index in [1.165, 1.54) is 13.0 Å².